The quantitative estimate of drug-likeness (QED) is 0.241. The van der Waals surface area contributed by atoms with E-state index in [1.807, 2.05) is 12.2 Å². The summed E-state index contributed by atoms with van der Waals surface area (Å²) < 4.78 is 82.1. The number of likely N-dealkylation sites (tertiary alicyclic amines) is 1. The average molecular weight is 433 g/mol. The molecule has 4 rings (SSSR count). The fourth-order valence-electron chi connectivity index (χ4n) is 4.40. The lowest BCUT2D eigenvalue weighted by atomic mass is 9.85. The summed E-state index contributed by atoms with van der Waals surface area (Å²) in [5.41, 5.74) is -3.30. The zero-order valence-electron chi connectivity index (χ0n) is 15.0. The highest BCUT2D eigenvalue weighted by Crippen LogP contribution is 2.52. The van der Waals surface area contributed by atoms with Gasteiger partial charge in [-0.3, -0.25) is 14.5 Å². The maximum atomic E-state index is 12.9. The number of benzene rings is 1. The molecule has 2 amide bonds. The number of halogens is 6. The Morgan fingerprint density at radius 1 is 0.900 bits per heavy atom. The highest BCUT2D eigenvalue weighted by Gasteiger charge is 2.59. The molecule has 2 bridgehead atoms. The Labute approximate surface area is 165 Å². The normalized spacial score (nSPS) is 27.7. The number of allylic oxidation sites excluding steroid dienone is 2. The van der Waals surface area contributed by atoms with Gasteiger partial charge in [-0.05, 0) is 36.5 Å². The number of hydrogen-bond donors (Lipinski definition) is 0. The van der Waals surface area contributed by atoms with E-state index in [2.05, 4.69) is 4.74 Å². The summed E-state index contributed by atoms with van der Waals surface area (Å²) >= 11 is 0. The molecule has 30 heavy (non-hydrogen) atoms. The van der Waals surface area contributed by atoms with Crippen molar-refractivity contribution in [2.24, 2.45) is 23.7 Å². The van der Waals surface area contributed by atoms with Crippen LogP contribution in [-0.2, 0) is 26.7 Å². The van der Waals surface area contributed by atoms with Crippen LogP contribution in [0, 0.1) is 23.7 Å². The second kappa shape index (κ2) is 6.58. The number of amides is 2. The largest absolute Gasteiger partial charge is 0.425 e. The van der Waals surface area contributed by atoms with Crippen LogP contribution in [-0.4, -0.2) is 29.2 Å². The van der Waals surface area contributed by atoms with E-state index in [0.29, 0.717) is 11.3 Å². The van der Waals surface area contributed by atoms with Gasteiger partial charge in [0.25, 0.3) is 0 Å². The lowest BCUT2D eigenvalue weighted by Gasteiger charge is -2.17. The summed E-state index contributed by atoms with van der Waals surface area (Å²) in [7, 11) is 0. The molecule has 1 aromatic rings. The summed E-state index contributed by atoms with van der Waals surface area (Å²) in [6.45, 7) is -0.887. The number of hydrogen-bond acceptors (Lipinski definition) is 4. The van der Waals surface area contributed by atoms with Crippen LogP contribution in [0.25, 0.3) is 0 Å². The van der Waals surface area contributed by atoms with Gasteiger partial charge in [0.15, 0.2) is 0 Å². The predicted molar refractivity (Wildman–Crippen MR) is 86.5 cm³/mol. The van der Waals surface area contributed by atoms with Gasteiger partial charge in [-0.15, -0.1) is 0 Å². The number of alkyl halides is 6. The van der Waals surface area contributed by atoms with Gasteiger partial charge in [-0.1, -0.05) is 12.2 Å². The number of carbonyl (C=O) groups excluding carboxylic acids is 3. The van der Waals surface area contributed by atoms with Crippen molar-refractivity contribution in [3.05, 3.63) is 41.5 Å². The minimum Gasteiger partial charge on any atom is -0.425 e. The maximum absolute atomic E-state index is 12.9. The zero-order chi connectivity index (χ0) is 22.0. The Kier molecular flexibility index (Phi) is 4.48. The smallest absolute Gasteiger partial charge is 0.416 e. The first-order valence-electron chi connectivity index (χ1n) is 8.90. The van der Waals surface area contributed by atoms with Crippen molar-refractivity contribution in [2.75, 3.05) is 6.54 Å². The molecule has 1 aromatic carbocycles. The Bertz CT molecular complexity index is 905. The number of rotatable bonds is 3. The molecule has 0 unspecified atom stereocenters. The van der Waals surface area contributed by atoms with Gasteiger partial charge in [-0.25, -0.2) is 4.79 Å². The van der Waals surface area contributed by atoms with Crippen LogP contribution in [0.3, 0.4) is 0 Å². The molecule has 0 aromatic heterocycles. The van der Waals surface area contributed by atoms with Crippen molar-refractivity contribution in [1.82, 2.24) is 4.90 Å². The van der Waals surface area contributed by atoms with Gasteiger partial charge in [0.1, 0.15) is 12.3 Å². The first-order valence-corrected chi connectivity index (χ1v) is 8.90. The molecule has 160 valence electrons. The highest BCUT2D eigenvalue weighted by atomic mass is 19.4. The van der Waals surface area contributed by atoms with Crippen LogP contribution in [0.5, 0.6) is 5.75 Å². The Morgan fingerprint density at radius 2 is 1.37 bits per heavy atom. The molecular formula is C19H13F6NO4. The van der Waals surface area contributed by atoms with Crippen LogP contribution >= 0.6 is 0 Å². The summed E-state index contributed by atoms with van der Waals surface area (Å²) in [5.74, 6) is -4.88. The second-order valence-electron chi connectivity index (χ2n) is 7.48. The van der Waals surface area contributed by atoms with Gasteiger partial charge in [0.05, 0.1) is 23.0 Å². The number of fused-ring (bicyclic) bond motifs is 5. The van der Waals surface area contributed by atoms with E-state index in [1.165, 1.54) is 0 Å². The third-order valence-electron chi connectivity index (χ3n) is 5.64. The molecule has 5 nitrogen and oxygen atoms in total. The molecule has 3 aliphatic rings. The number of esters is 1. The van der Waals surface area contributed by atoms with E-state index >= 15 is 0 Å². The molecule has 0 radical (unpaired) electrons. The van der Waals surface area contributed by atoms with E-state index < -0.39 is 65.4 Å². The predicted octanol–water partition coefficient (Wildman–Crippen LogP) is 3.44. The van der Waals surface area contributed by atoms with Gasteiger partial charge in [0, 0.05) is 0 Å². The van der Waals surface area contributed by atoms with Crippen molar-refractivity contribution < 1.29 is 45.5 Å². The summed E-state index contributed by atoms with van der Waals surface area (Å²) in [6.07, 6.45) is -5.88. The van der Waals surface area contributed by atoms with Crippen LogP contribution in [0.4, 0.5) is 26.3 Å². The van der Waals surface area contributed by atoms with E-state index in [0.717, 1.165) is 0 Å². The Morgan fingerprint density at radius 3 is 1.80 bits per heavy atom. The van der Waals surface area contributed by atoms with Crippen LogP contribution in [0.15, 0.2) is 30.4 Å². The van der Waals surface area contributed by atoms with Gasteiger partial charge >= 0.3 is 18.3 Å². The number of nitrogens with zero attached hydrogens (tertiary/aromatic N) is 1. The van der Waals surface area contributed by atoms with Crippen LogP contribution in [0.2, 0.25) is 0 Å². The second-order valence-corrected chi connectivity index (χ2v) is 7.48. The molecule has 1 saturated carbocycles. The number of carbonyl (C=O) groups is 3. The Balaban J connectivity index is 1.52. The molecule has 1 aliphatic heterocycles. The lowest BCUT2D eigenvalue weighted by Crippen LogP contribution is -2.38. The summed E-state index contributed by atoms with van der Waals surface area (Å²) in [6, 6.07) is 0.397. The lowest BCUT2D eigenvalue weighted by molar-refractivity contribution is -0.148. The molecule has 2 aliphatic carbocycles. The zero-order valence-corrected chi connectivity index (χ0v) is 15.0. The molecule has 1 saturated heterocycles. The molecule has 4 atom stereocenters. The minimum atomic E-state index is -5.10. The fourth-order valence-corrected chi connectivity index (χ4v) is 4.40. The van der Waals surface area contributed by atoms with Crippen molar-refractivity contribution in [3.63, 3.8) is 0 Å². The first kappa shape index (κ1) is 20.4. The number of ether oxygens (including phenoxy) is 1. The van der Waals surface area contributed by atoms with Gasteiger partial charge in [0.2, 0.25) is 11.8 Å². The minimum absolute atomic E-state index is 0.102. The average Bonchev–Trinajstić information content (AvgIpc) is 3.30. The van der Waals surface area contributed by atoms with Crippen LogP contribution < -0.4 is 4.74 Å². The first-order chi connectivity index (χ1) is 13.9. The standard InChI is InChI=1S/C19H13F6NO4/c20-18(21,22)10-4-11(19(23,24)25)6-12(5-10)30-13(27)7-26-16(28)14-8-1-2-9(3-8)15(14)17(26)29/h1-2,4-6,8-9,14-15H,3,7H2/t8-,9-,14+,15+/m0/s1. The topological polar surface area (TPSA) is 63.7 Å². The third-order valence-corrected chi connectivity index (χ3v) is 5.64. The van der Waals surface area contributed by atoms with Crippen molar-refractivity contribution >= 4 is 17.8 Å². The van der Waals surface area contributed by atoms with Gasteiger partial charge < -0.3 is 4.74 Å². The van der Waals surface area contributed by atoms with E-state index in [9.17, 15) is 40.7 Å². The molecule has 0 spiro atoms. The van der Waals surface area contributed by atoms with Gasteiger partial charge in [-0.2, -0.15) is 26.3 Å². The Hall–Kier alpha value is -2.85. The van der Waals surface area contributed by atoms with E-state index in [4.69, 9.17) is 0 Å². The van der Waals surface area contributed by atoms with E-state index in [1.54, 1.807) is 0 Å². The summed E-state index contributed by atoms with van der Waals surface area (Å²) in [4.78, 5) is 37.8. The number of imide groups is 1. The SMILES string of the molecule is O=C(CN1C(=O)[C@H]2[C@H](C1=O)[C@H]1C=C[C@H]2C1)Oc1cc(C(F)(F)F)cc(C(F)(F)F)c1. The van der Waals surface area contributed by atoms with Crippen molar-refractivity contribution in [1.29, 1.82) is 0 Å². The molecular weight excluding hydrogens is 420 g/mol. The molecule has 2 fully saturated rings. The fraction of sp³-hybridized carbons (Fsp3) is 0.421. The van der Waals surface area contributed by atoms with Crippen LogP contribution in [0.1, 0.15) is 17.5 Å². The third kappa shape index (κ3) is 3.35. The molecule has 0 N–H and O–H groups in total. The maximum Gasteiger partial charge on any atom is 0.416 e. The van der Waals surface area contributed by atoms with Crippen molar-refractivity contribution in [3.8, 4) is 5.75 Å². The van der Waals surface area contributed by atoms with E-state index in [-0.39, 0.29) is 30.0 Å². The molecule has 1 heterocycles. The monoisotopic (exact) mass is 433 g/mol. The highest BCUT2D eigenvalue weighted by molar-refractivity contribution is 6.08. The molecule has 11 heteroatoms. The van der Waals surface area contributed by atoms with Crippen molar-refractivity contribution in [2.45, 2.75) is 18.8 Å². The summed E-state index contributed by atoms with van der Waals surface area (Å²) in [5, 5.41) is 0.